The number of nitrogens with zero attached hydrogens (tertiary/aromatic N) is 1. The maximum absolute atomic E-state index is 10.7. The van der Waals surface area contributed by atoms with Crippen molar-refractivity contribution in [2.24, 2.45) is 0 Å². The van der Waals surface area contributed by atoms with Crippen molar-refractivity contribution in [3.05, 3.63) is 34.3 Å². The summed E-state index contributed by atoms with van der Waals surface area (Å²) in [7, 11) is 0. The Morgan fingerprint density at radius 1 is 1.60 bits per heavy atom. The minimum atomic E-state index is -1.09. The number of hydrogen-bond donors (Lipinski definition) is 1. The molecule has 0 spiro atoms. The van der Waals surface area contributed by atoms with E-state index in [2.05, 4.69) is 0 Å². The maximum atomic E-state index is 10.7. The van der Waals surface area contributed by atoms with Crippen LogP contribution in [0.1, 0.15) is 15.9 Å². The topological polar surface area (TPSA) is 61.1 Å². The predicted octanol–water partition coefficient (Wildman–Crippen LogP) is 2.71. The third-order valence-corrected chi connectivity index (χ3v) is 2.40. The Hall–Kier alpha value is -1.24. The van der Waals surface area contributed by atoms with Gasteiger partial charge in [-0.2, -0.15) is 5.26 Å². The monoisotopic (exact) mass is 243 g/mol. The molecule has 3 nitrogen and oxygen atoms in total. The van der Waals surface area contributed by atoms with Gasteiger partial charge in [-0.15, -0.1) is 11.6 Å². The number of nitriles is 1. The second kappa shape index (κ2) is 5.01. The first-order chi connectivity index (χ1) is 7.04. The number of carboxylic acid groups (broad SMARTS) is 1. The SMILES string of the molecule is N#CC(Cl)Cc1ccc(Cl)c(C(=O)O)c1. The van der Waals surface area contributed by atoms with Crippen molar-refractivity contribution in [1.29, 1.82) is 5.26 Å². The molecule has 1 aromatic carbocycles. The minimum absolute atomic E-state index is 0.0240. The van der Waals surface area contributed by atoms with Gasteiger partial charge in [-0.3, -0.25) is 0 Å². The van der Waals surface area contributed by atoms with Gasteiger partial charge in [-0.25, -0.2) is 4.79 Å². The van der Waals surface area contributed by atoms with Crippen LogP contribution in [0.3, 0.4) is 0 Å². The molecule has 0 amide bonds. The molecule has 0 aliphatic rings. The Morgan fingerprint density at radius 3 is 2.80 bits per heavy atom. The molecule has 0 radical (unpaired) electrons. The Kier molecular flexibility index (Phi) is 3.96. The summed E-state index contributed by atoms with van der Waals surface area (Å²) in [6, 6.07) is 6.43. The van der Waals surface area contributed by atoms with Crippen LogP contribution in [0.4, 0.5) is 0 Å². The second-order valence-electron chi connectivity index (χ2n) is 2.92. The minimum Gasteiger partial charge on any atom is -0.478 e. The highest BCUT2D eigenvalue weighted by atomic mass is 35.5. The predicted molar refractivity (Wildman–Crippen MR) is 57.4 cm³/mol. The smallest absolute Gasteiger partial charge is 0.337 e. The van der Waals surface area contributed by atoms with E-state index in [1.165, 1.54) is 12.1 Å². The first-order valence-electron chi connectivity index (χ1n) is 4.10. The van der Waals surface area contributed by atoms with E-state index >= 15 is 0 Å². The summed E-state index contributed by atoms with van der Waals surface area (Å²) in [6.45, 7) is 0. The molecule has 0 aliphatic heterocycles. The van der Waals surface area contributed by atoms with Gasteiger partial charge in [0.25, 0.3) is 0 Å². The number of aromatic carboxylic acids is 1. The van der Waals surface area contributed by atoms with Crippen LogP contribution in [0.5, 0.6) is 0 Å². The third kappa shape index (κ3) is 3.12. The van der Waals surface area contributed by atoms with E-state index in [1.807, 2.05) is 6.07 Å². The van der Waals surface area contributed by atoms with Crippen molar-refractivity contribution >= 4 is 29.2 Å². The molecule has 0 aromatic heterocycles. The van der Waals surface area contributed by atoms with E-state index in [1.54, 1.807) is 6.07 Å². The van der Waals surface area contributed by atoms with E-state index in [4.69, 9.17) is 33.6 Å². The lowest BCUT2D eigenvalue weighted by atomic mass is 10.1. The van der Waals surface area contributed by atoms with Crippen LogP contribution in [0.25, 0.3) is 0 Å². The van der Waals surface area contributed by atoms with Crippen LogP contribution in [-0.2, 0) is 6.42 Å². The highest BCUT2D eigenvalue weighted by molar-refractivity contribution is 6.33. The van der Waals surface area contributed by atoms with Gasteiger partial charge in [-0.05, 0) is 17.7 Å². The van der Waals surface area contributed by atoms with Gasteiger partial charge in [0.2, 0.25) is 0 Å². The Balaban J connectivity index is 2.99. The number of alkyl halides is 1. The molecule has 1 N–H and O–H groups in total. The maximum Gasteiger partial charge on any atom is 0.337 e. The van der Waals surface area contributed by atoms with Crippen LogP contribution in [0, 0.1) is 11.3 Å². The molecule has 0 heterocycles. The highest BCUT2D eigenvalue weighted by Crippen LogP contribution is 2.19. The summed E-state index contributed by atoms with van der Waals surface area (Å²) in [5.74, 6) is -1.09. The first kappa shape index (κ1) is 11.8. The fourth-order valence-electron chi connectivity index (χ4n) is 1.12. The summed E-state index contributed by atoms with van der Waals surface area (Å²) in [4.78, 5) is 10.7. The molecule has 15 heavy (non-hydrogen) atoms. The molecule has 0 aliphatic carbocycles. The molecule has 1 rings (SSSR count). The Labute approximate surface area is 96.8 Å². The summed E-state index contributed by atoms with van der Waals surface area (Å²) < 4.78 is 0. The second-order valence-corrected chi connectivity index (χ2v) is 3.85. The fraction of sp³-hybridized carbons (Fsp3) is 0.200. The Morgan fingerprint density at radius 2 is 2.27 bits per heavy atom. The molecule has 0 saturated carbocycles. The van der Waals surface area contributed by atoms with E-state index in [0.29, 0.717) is 12.0 Å². The lowest BCUT2D eigenvalue weighted by Crippen LogP contribution is -2.03. The van der Waals surface area contributed by atoms with Crippen molar-refractivity contribution < 1.29 is 9.90 Å². The molecule has 0 bridgehead atoms. The van der Waals surface area contributed by atoms with Gasteiger partial charge < -0.3 is 5.11 Å². The van der Waals surface area contributed by atoms with Gasteiger partial charge in [0, 0.05) is 6.42 Å². The van der Waals surface area contributed by atoms with Gasteiger partial charge in [0.15, 0.2) is 0 Å². The standard InChI is InChI=1S/C10H7Cl2NO2/c11-7(5-13)3-6-1-2-9(12)8(4-6)10(14)15/h1-2,4,7H,3H2,(H,14,15). The summed E-state index contributed by atoms with van der Waals surface area (Å²) in [6.07, 6.45) is 0.301. The van der Waals surface area contributed by atoms with Crippen LogP contribution >= 0.6 is 23.2 Å². The Bertz CT molecular complexity index is 426. The average Bonchev–Trinajstić information content (AvgIpc) is 2.20. The quantitative estimate of drug-likeness (QED) is 0.831. The number of hydrogen-bond acceptors (Lipinski definition) is 2. The average molecular weight is 244 g/mol. The van der Waals surface area contributed by atoms with Crippen LogP contribution in [0.15, 0.2) is 18.2 Å². The first-order valence-corrected chi connectivity index (χ1v) is 4.91. The van der Waals surface area contributed by atoms with Crippen LogP contribution in [-0.4, -0.2) is 16.5 Å². The summed E-state index contributed by atoms with van der Waals surface area (Å²) in [5, 5.41) is 16.8. The lowest BCUT2D eigenvalue weighted by Gasteiger charge is -2.04. The molecule has 5 heteroatoms. The number of carbonyl (C=O) groups is 1. The molecule has 1 unspecified atom stereocenters. The number of benzene rings is 1. The molecule has 0 saturated heterocycles. The molecule has 1 aromatic rings. The largest absolute Gasteiger partial charge is 0.478 e. The fourth-order valence-corrected chi connectivity index (χ4v) is 1.49. The van der Waals surface area contributed by atoms with Gasteiger partial charge in [0.1, 0.15) is 5.38 Å². The van der Waals surface area contributed by atoms with Gasteiger partial charge in [0.05, 0.1) is 16.7 Å². The van der Waals surface area contributed by atoms with Gasteiger partial charge >= 0.3 is 5.97 Å². The third-order valence-electron chi connectivity index (χ3n) is 1.82. The molecule has 1 atom stereocenters. The number of rotatable bonds is 3. The van der Waals surface area contributed by atoms with Crippen molar-refractivity contribution in [2.45, 2.75) is 11.8 Å². The van der Waals surface area contributed by atoms with Gasteiger partial charge in [-0.1, -0.05) is 17.7 Å². The summed E-state index contributed by atoms with van der Waals surface area (Å²) in [5.41, 5.74) is 0.703. The van der Waals surface area contributed by atoms with Crippen molar-refractivity contribution in [3.8, 4) is 6.07 Å². The zero-order chi connectivity index (χ0) is 11.4. The van der Waals surface area contributed by atoms with Crippen LogP contribution in [0.2, 0.25) is 5.02 Å². The number of carboxylic acids is 1. The van der Waals surface area contributed by atoms with Crippen LogP contribution < -0.4 is 0 Å². The van der Waals surface area contributed by atoms with E-state index in [9.17, 15) is 4.79 Å². The normalized spacial score (nSPS) is 11.8. The van der Waals surface area contributed by atoms with E-state index < -0.39 is 11.3 Å². The molecular weight excluding hydrogens is 237 g/mol. The van der Waals surface area contributed by atoms with Crippen molar-refractivity contribution in [2.75, 3.05) is 0 Å². The molecular formula is C10H7Cl2NO2. The molecule has 78 valence electrons. The zero-order valence-electron chi connectivity index (χ0n) is 7.58. The zero-order valence-corrected chi connectivity index (χ0v) is 9.09. The number of halogens is 2. The van der Waals surface area contributed by atoms with E-state index in [-0.39, 0.29) is 10.6 Å². The molecule has 0 fully saturated rings. The van der Waals surface area contributed by atoms with Crippen molar-refractivity contribution in [3.63, 3.8) is 0 Å². The summed E-state index contributed by atoms with van der Waals surface area (Å²) >= 11 is 11.3. The van der Waals surface area contributed by atoms with E-state index in [0.717, 1.165) is 0 Å². The lowest BCUT2D eigenvalue weighted by molar-refractivity contribution is 0.0697. The highest BCUT2D eigenvalue weighted by Gasteiger charge is 2.11. The van der Waals surface area contributed by atoms with Crippen molar-refractivity contribution in [1.82, 2.24) is 0 Å².